The van der Waals surface area contributed by atoms with E-state index in [1.165, 1.54) is 32.1 Å². The van der Waals surface area contributed by atoms with Crippen LogP contribution < -0.4 is 0 Å². The number of allylic oxidation sites excluding steroid dienone is 6. The van der Waals surface area contributed by atoms with Gasteiger partial charge in [0.15, 0.2) is 0 Å². The molecule has 3 aliphatic rings. The van der Waals surface area contributed by atoms with Crippen LogP contribution in [-0.2, 0) is 0 Å². The Morgan fingerprint density at radius 1 is 0.909 bits per heavy atom. The van der Waals surface area contributed by atoms with Crippen molar-refractivity contribution in [1.82, 2.24) is 0 Å². The lowest BCUT2D eigenvalue weighted by atomic mass is 10.1. The average molecular weight is 144 g/mol. The van der Waals surface area contributed by atoms with Gasteiger partial charge in [-0.25, -0.2) is 0 Å². The molecule has 0 amide bonds. The first-order chi connectivity index (χ1) is 5.45. The highest BCUT2D eigenvalue weighted by molar-refractivity contribution is 5.61. The van der Waals surface area contributed by atoms with Crippen molar-refractivity contribution < 1.29 is 0 Å². The van der Waals surface area contributed by atoms with Gasteiger partial charge in [-0.3, -0.25) is 0 Å². The lowest BCUT2D eigenvalue weighted by Gasteiger charge is -1.96. The van der Waals surface area contributed by atoms with Crippen molar-refractivity contribution in [2.24, 2.45) is 0 Å². The minimum Gasteiger partial charge on any atom is -0.0772 e. The predicted molar refractivity (Wildman–Crippen MR) is 46.3 cm³/mol. The highest BCUT2D eigenvalue weighted by Gasteiger charge is 2.29. The Morgan fingerprint density at radius 3 is 2.82 bits per heavy atom. The zero-order chi connectivity index (χ0) is 7.26. The molecule has 3 rings (SSSR count). The zero-order valence-electron chi connectivity index (χ0n) is 6.69. The zero-order valence-corrected chi connectivity index (χ0v) is 6.69. The van der Waals surface area contributed by atoms with Crippen molar-refractivity contribution in [2.75, 3.05) is 0 Å². The summed E-state index contributed by atoms with van der Waals surface area (Å²) < 4.78 is 0. The molecular weight excluding hydrogens is 132 g/mol. The number of fused-ring (bicyclic) bond motifs is 2. The van der Waals surface area contributed by atoms with Crippen molar-refractivity contribution in [3.8, 4) is 0 Å². The number of hydrogen-bond acceptors (Lipinski definition) is 0. The highest BCUT2D eigenvalue weighted by atomic mass is 14.3. The Bertz CT molecular complexity index is 300. The third-order valence-electron chi connectivity index (χ3n) is 2.98. The lowest BCUT2D eigenvalue weighted by molar-refractivity contribution is 0.930. The fraction of sp³-hybridized carbons (Fsp3) is 0.455. The standard InChI is InChI=1S/C11H12/c1-3-8-4-2-6-10(8)11-7-9(11)5-1/h3,5H,1-2,4,6-7H2. The molecule has 2 saturated carbocycles. The smallest absolute Gasteiger partial charge is 0.00203 e. The van der Waals surface area contributed by atoms with Gasteiger partial charge in [0.05, 0.1) is 0 Å². The first-order valence-electron chi connectivity index (χ1n) is 4.56. The summed E-state index contributed by atoms with van der Waals surface area (Å²) in [5.41, 5.74) is 6.73. The molecule has 0 heterocycles. The second-order valence-electron chi connectivity index (χ2n) is 3.68. The summed E-state index contributed by atoms with van der Waals surface area (Å²) in [7, 11) is 0. The van der Waals surface area contributed by atoms with Crippen molar-refractivity contribution in [3.63, 3.8) is 0 Å². The minimum absolute atomic E-state index is 1.19. The molecule has 0 bridgehead atoms. The molecular formula is C11H12. The van der Waals surface area contributed by atoms with Crippen LogP contribution in [0.1, 0.15) is 32.1 Å². The highest BCUT2D eigenvalue weighted by Crippen LogP contribution is 2.48. The van der Waals surface area contributed by atoms with E-state index < -0.39 is 0 Å². The quantitative estimate of drug-likeness (QED) is 0.490. The van der Waals surface area contributed by atoms with E-state index in [9.17, 15) is 0 Å². The van der Waals surface area contributed by atoms with Gasteiger partial charge in [0.25, 0.3) is 0 Å². The van der Waals surface area contributed by atoms with Gasteiger partial charge in [-0.15, -0.1) is 0 Å². The Morgan fingerprint density at radius 2 is 1.82 bits per heavy atom. The van der Waals surface area contributed by atoms with Crippen LogP contribution in [0.2, 0.25) is 0 Å². The van der Waals surface area contributed by atoms with Crippen LogP contribution in [0.15, 0.2) is 34.4 Å². The van der Waals surface area contributed by atoms with E-state index in [-0.39, 0.29) is 0 Å². The van der Waals surface area contributed by atoms with Gasteiger partial charge < -0.3 is 0 Å². The lowest BCUT2D eigenvalue weighted by Crippen LogP contribution is -1.76. The predicted octanol–water partition coefficient (Wildman–Crippen LogP) is 3.13. The summed E-state index contributed by atoms with van der Waals surface area (Å²) >= 11 is 0. The molecule has 0 aromatic heterocycles. The summed E-state index contributed by atoms with van der Waals surface area (Å²) in [6, 6.07) is 0. The van der Waals surface area contributed by atoms with Crippen molar-refractivity contribution >= 4 is 0 Å². The van der Waals surface area contributed by atoms with Crippen molar-refractivity contribution in [3.05, 3.63) is 34.4 Å². The summed E-state index contributed by atoms with van der Waals surface area (Å²) in [4.78, 5) is 0. The van der Waals surface area contributed by atoms with Crippen molar-refractivity contribution in [1.29, 1.82) is 0 Å². The maximum atomic E-state index is 2.43. The molecule has 0 saturated heterocycles. The van der Waals surface area contributed by atoms with E-state index in [0.717, 1.165) is 0 Å². The van der Waals surface area contributed by atoms with E-state index in [1.807, 2.05) is 0 Å². The van der Waals surface area contributed by atoms with E-state index in [4.69, 9.17) is 0 Å². The van der Waals surface area contributed by atoms with E-state index in [0.29, 0.717) is 0 Å². The molecule has 0 atom stereocenters. The molecule has 0 nitrogen and oxygen atoms in total. The van der Waals surface area contributed by atoms with Crippen LogP contribution in [0.4, 0.5) is 0 Å². The summed E-state index contributed by atoms with van der Waals surface area (Å²) in [5, 5.41) is 0. The van der Waals surface area contributed by atoms with Crippen LogP contribution in [0, 0.1) is 0 Å². The largest absolute Gasteiger partial charge is 0.0772 e. The van der Waals surface area contributed by atoms with Crippen LogP contribution in [0.5, 0.6) is 0 Å². The van der Waals surface area contributed by atoms with Crippen LogP contribution in [-0.4, -0.2) is 0 Å². The molecule has 2 fully saturated rings. The minimum atomic E-state index is 1.19. The van der Waals surface area contributed by atoms with Gasteiger partial charge in [0.1, 0.15) is 0 Å². The maximum absolute atomic E-state index is 2.43. The molecule has 3 aliphatic carbocycles. The summed E-state index contributed by atoms with van der Waals surface area (Å²) in [6.45, 7) is 0. The van der Waals surface area contributed by atoms with Gasteiger partial charge in [-0.2, -0.15) is 0 Å². The normalized spacial score (nSPS) is 26.9. The van der Waals surface area contributed by atoms with Crippen LogP contribution >= 0.6 is 0 Å². The first-order valence-corrected chi connectivity index (χ1v) is 4.56. The molecule has 56 valence electrons. The molecule has 0 aromatic rings. The van der Waals surface area contributed by atoms with Crippen molar-refractivity contribution in [2.45, 2.75) is 32.1 Å². The Balaban J connectivity index is 2.17. The molecule has 11 heavy (non-hydrogen) atoms. The molecule has 0 radical (unpaired) electrons. The second kappa shape index (κ2) is 1.88. The van der Waals surface area contributed by atoms with Gasteiger partial charge in [0, 0.05) is 0 Å². The third kappa shape index (κ3) is 0.756. The molecule has 0 unspecified atom stereocenters. The Hall–Kier alpha value is -0.780. The van der Waals surface area contributed by atoms with E-state index in [1.54, 1.807) is 22.3 Å². The van der Waals surface area contributed by atoms with Gasteiger partial charge >= 0.3 is 0 Å². The molecule has 0 aromatic carbocycles. The van der Waals surface area contributed by atoms with Gasteiger partial charge in [0.2, 0.25) is 0 Å². The average Bonchev–Trinajstić information content (AvgIpc) is 2.65. The second-order valence-corrected chi connectivity index (χ2v) is 3.68. The monoisotopic (exact) mass is 144 g/mol. The fourth-order valence-electron chi connectivity index (χ4n) is 2.32. The number of hydrogen-bond donors (Lipinski definition) is 0. The summed E-state index contributed by atoms with van der Waals surface area (Å²) in [6.07, 6.45) is 11.4. The first kappa shape index (κ1) is 5.82. The maximum Gasteiger partial charge on any atom is -0.00203 e. The van der Waals surface area contributed by atoms with E-state index >= 15 is 0 Å². The molecule has 0 heteroatoms. The van der Waals surface area contributed by atoms with Crippen LogP contribution in [0.3, 0.4) is 0 Å². The number of rotatable bonds is 0. The van der Waals surface area contributed by atoms with E-state index in [2.05, 4.69) is 12.2 Å². The Labute approximate surface area is 67.3 Å². The van der Waals surface area contributed by atoms with Crippen LogP contribution in [0.25, 0.3) is 0 Å². The summed E-state index contributed by atoms with van der Waals surface area (Å²) in [5.74, 6) is 0. The third-order valence-corrected chi connectivity index (χ3v) is 2.98. The Kier molecular flexibility index (Phi) is 0.993. The molecule has 0 spiro atoms. The van der Waals surface area contributed by atoms with Gasteiger partial charge in [-0.05, 0) is 54.4 Å². The van der Waals surface area contributed by atoms with Gasteiger partial charge in [-0.1, -0.05) is 12.2 Å². The SMILES string of the molecule is C1=C2CCCC2=C2CC2=CC1. The topological polar surface area (TPSA) is 0 Å². The fourth-order valence-corrected chi connectivity index (χ4v) is 2.32. The molecule has 0 aliphatic heterocycles. The molecule has 0 N–H and O–H groups in total.